The molecule has 2 aromatic carbocycles. The molecule has 218 valence electrons. The van der Waals surface area contributed by atoms with E-state index in [1.165, 1.54) is 12.1 Å². The number of carbonyl (C=O) groups is 1. The lowest BCUT2D eigenvalue weighted by atomic mass is 10.2. The highest BCUT2D eigenvalue weighted by Gasteiger charge is 2.29. The molecule has 41 heavy (non-hydrogen) atoms. The highest BCUT2D eigenvalue weighted by molar-refractivity contribution is 7.92. The number of aromatic nitrogens is 3. The summed E-state index contributed by atoms with van der Waals surface area (Å²) in [5, 5.41) is 4.29. The molecule has 10 nitrogen and oxygen atoms in total. The molecule has 4 rings (SSSR count). The van der Waals surface area contributed by atoms with Gasteiger partial charge >= 0.3 is 5.97 Å². The lowest BCUT2D eigenvalue weighted by Gasteiger charge is -2.24. The van der Waals surface area contributed by atoms with Crippen LogP contribution < -0.4 is 9.62 Å². The van der Waals surface area contributed by atoms with Gasteiger partial charge in [0.15, 0.2) is 5.82 Å². The molecule has 0 saturated carbocycles. The fourth-order valence-electron chi connectivity index (χ4n) is 4.22. The van der Waals surface area contributed by atoms with Crippen molar-refractivity contribution in [3.8, 4) is 5.82 Å². The topological polar surface area (TPSA) is 110 Å². The Hall–Kier alpha value is -3.67. The molecule has 0 bridgehead atoms. The molecule has 0 radical (unpaired) electrons. The van der Waals surface area contributed by atoms with E-state index in [2.05, 4.69) is 20.2 Å². The number of hydrogen-bond donors (Lipinski definition) is 1. The van der Waals surface area contributed by atoms with E-state index in [4.69, 9.17) is 16.3 Å². The Kier molecular flexibility index (Phi) is 9.85. The van der Waals surface area contributed by atoms with E-state index >= 15 is 0 Å². The van der Waals surface area contributed by atoms with Crippen LogP contribution in [-0.2, 0) is 19.6 Å². The average molecular weight is 599 g/mol. The van der Waals surface area contributed by atoms with Crippen molar-refractivity contribution in [3.63, 3.8) is 0 Å². The minimum absolute atomic E-state index is 0.00363. The molecule has 2 aromatic heterocycles. The maximum Gasteiger partial charge on any atom is 0.326 e. The van der Waals surface area contributed by atoms with Crippen molar-refractivity contribution in [3.05, 3.63) is 71.6 Å². The van der Waals surface area contributed by atoms with Gasteiger partial charge in [0, 0.05) is 29.7 Å². The van der Waals surface area contributed by atoms with Crippen LogP contribution in [-0.4, -0.2) is 74.2 Å². The predicted molar refractivity (Wildman–Crippen MR) is 162 cm³/mol. The van der Waals surface area contributed by atoms with Crippen molar-refractivity contribution in [2.75, 3.05) is 50.0 Å². The van der Waals surface area contributed by atoms with Gasteiger partial charge in [0.05, 0.1) is 35.1 Å². The standard InChI is InChI=1S/C29H35ClN6O4S/c1-5-6-13-40-29(37)20-36(41(38,39)25-15-21(2)14-23(30)17-25)24-7-8-26-22(16-24)9-11-35(26)28-19-32-27(18-33-28)31-10-12-34(3)4/h7-9,11,14-19H,5-6,10,12-13,20H2,1-4H3,(H,31,32). The molecular weight excluding hydrogens is 564 g/mol. The van der Waals surface area contributed by atoms with Crippen molar-refractivity contribution >= 4 is 50.0 Å². The van der Waals surface area contributed by atoms with Crippen molar-refractivity contribution in [1.29, 1.82) is 0 Å². The third kappa shape index (κ3) is 7.55. The molecule has 2 heterocycles. The molecule has 0 fully saturated rings. The fraction of sp³-hybridized carbons (Fsp3) is 0.345. The van der Waals surface area contributed by atoms with Crippen LogP contribution >= 0.6 is 11.6 Å². The number of aryl methyl sites for hydroxylation is 1. The van der Waals surface area contributed by atoms with Gasteiger partial charge in [0.1, 0.15) is 12.4 Å². The quantitative estimate of drug-likeness (QED) is 0.171. The number of benzene rings is 2. The first-order valence-corrected chi connectivity index (χ1v) is 15.2. The predicted octanol–water partition coefficient (Wildman–Crippen LogP) is 4.89. The van der Waals surface area contributed by atoms with Crippen molar-refractivity contribution in [1.82, 2.24) is 19.4 Å². The van der Waals surface area contributed by atoms with Crippen LogP contribution in [0.2, 0.25) is 5.02 Å². The van der Waals surface area contributed by atoms with E-state index in [-0.39, 0.29) is 11.5 Å². The first kappa shape index (κ1) is 30.3. The Morgan fingerprint density at radius 1 is 1.10 bits per heavy atom. The summed E-state index contributed by atoms with van der Waals surface area (Å²) in [6.07, 6.45) is 6.74. The fourth-order valence-corrected chi connectivity index (χ4v) is 6.10. The average Bonchev–Trinajstić information content (AvgIpc) is 3.35. The number of sulfonamides is 1. The zero-order chi connectivity index (χ0) is 29.6. The lowest BCUT2D eigenvalue weighted by molar-refractivity contribution is -0.141. The molecule has 4 aromatic rings. The van der Waals surface area contributed by atoms with Gasteiger partial charge in [0.25, 0.3) is 10.0 Å². The number of nitrogens with zero attached hydrogens (tertiary/aromatic N) is 5. The monoisotopic (exact) mass is 598 g/mol. The number of likely N-dealkylation sites (N-methyl/N-ethyl adjacent to an activating group) is 1. The number of carbonyl (C=O) groups excluding carboxylic acids is 1. The van der Waals surface area contributed by atoms with Crippen molar-refractivity contribution in [2.24, 2.45) is 0 Å². The molecule has 0 aliphatic carbocycles. The Bertz CT molecular complexity index is 1590. The third-order valence-electron chi connectivity index (χ3n) is 6.35. The normalized spacial score (nSPS) is 11.7. The number of nitrogens with one attached hydrogen (secondary N) is 1. The first-order chi connectivity index (χ1) is 19.6. The van der Waals surface area contributed by atoms with Crippen LogP contribution in [0.25, 0.3) is 16.7 Å². The zero-order valence-electron chi connectivity index (χ0n) is 23.7. The highest BCUT2D eigenvalue weighted by Crippen LogP contribution is 2.30. The van der Waals surface area contributed by atoms with Gasteiger partial charge in [-0.15, -0.1) is 0 Å². The molecular formula is C29H35ClN6O4S. The third-order valence-corrected chi connectivity index (χ3v) is 8.32. The number of unbranched alkanes of at least 4 members (excludes halogenated alkanes) is 1. The number of anilines is 2. The highest BCUT2D eigenvalue weighted by atomic mass is 35.5. The largest absolute Gasteiger partial charge is 0.464 e. The lowest BCUT2D eigenvalue weighted by Crippen LogP contribution is -2.36. The molecule has 1 N–H and O–H groups in total. The minimum Gasteiger partial charge on any atom is -0.464 e. The molecule has 0 atom stereocenters. The van der Waals surface area contributed by atoms with E-state index in [9.17, 15) is 13.2 Å². The Labute approximate surface area is 246 Å². The summed E-state index contributed by atoms with van der Waals surface area (Å²) in [7, 11) is -0.138. The van der Waals surface area contributed by atoms with Crippen LogP contribution in [0.4, 0.5) is 11.5 Å². The molecule has 0 amide bonds. The number of ether oxygens (including phenoxy) is 1. The zero-order valence-corrected chi connectivity index (χ0v) is 25.2. The summed E-state index contributed by atoms with van der Waals surface area (Å²) >= 11 is 6.19. The second-order valence-electron chi connectivity index (χ2n) is 9.97. The van der Waals surface area contributed by atoms with Crippen LogP contribution in [0.3, 0.4) is 0 Å². The smallest absolute Gasteiger partial charge is 0.326 e. The first-order valence-electron chi connectivity index (χ1n) is 13.4. The Balaban J connectivity index is 1.65. The molecule has 0 aliphatic rings. The molecule has 0 saturated heterocycles. The van der Waals surface area contributed by atoms with Gasteiger partial charge < -0.3 is 15.0 Å². The Morgan fingerprint density at radius 2 is 1.90 bits per heavy atom. The maximum absolute atomic E-state index is 13.8. The van der Waals surface area contributed by atoms with Gasteiger partial charge in [-0.3, -0.25) is 13.7 Å². The van der Waals surface area contributed by atoms with Crippen LogP contribution in [0.15, 0.2) is 66.0 Å². The molecule has 12 heteroatoms. The van der Waals surface area contributed by atoms with Crippen LogP contribution in [0, 0.1) is 6.92 Å². The summed E-state index contributed by atoms with van der Waals surface area (Å²) < 4.78 is 35.9. The number of hydrogen-bond acceptors (Lipinski definition) is 8. The van der Waals surface area contributed by atoms with Gasteiger partial charge in [0.2, 0.25) is 0 Å². The second-order valence-corrected chi connectivity index (χ2v) is 12.3. The van der Waals surface area contributed by atoms with Gasteiger partial charge in [-0.05, 0) is 75.5 Å². The number of rotatable bonds is 13. The van der Waals surface area contributed by atoms with E-state index < -0.39 is 22.5 Å². The summed E-state index contributed by atoms with van der Waals surface area (Å²) in [5.74, 6) is 0.662. The van der Waals surface area contributed by atoms with E-state index in [0.717, 1.165) is 34.7 Å². The Morgan fingerprint density at radius 3 is 2.59 bits per heavy atom. The van der Waals surface area contributed by atoms with Crippen LogP contribution in [0.1, 0.15) is 25.3 Å². The van der Waals surface area contributed by atoms with Gasteiger partial charge in [-0.1, -0.05) is 24.9 Å². The SMILES string of the molecule is CCCCOC(=O)CN(c1ccc2c(ccn2-c2cnc(NCCN(C)C)cn2)c1)S(=O)(=O)c1cc(C)cc(Cl)c1. The van der Waals surface area contributed by atoms with Gasteiger partial charge in [-0.25, -0.2) is 18.4 Å². The number of halogens is 1. The van der Waals surface area contributed by atoms with E-state index in [1.807, 2.05) is 37.8 Å². The summed E-state index contributed by atoms with van der Waals surface area (Å²) in [6.45, 7) is 5.11. The molecule has 0 unspecified atom stereocenters. The van der Waals surface area contributed by atoms with Crippen molar-refractivity contribution < 1.29 is 17.9 Å². The van der Waals surface area contributed by atoms with Gasteiger partial charge in [-0.2, -0.15) is 0 Å². The molecule has 0 spiro atoms. The summed E-state index contributed by atoms with van der Waals surface area (Å²) in [5.41, 5.74) is 1.82. The minimum atomic E-state index is -4.15. The number of fused-ring (bicyclic) bond motifs is 1. The summed E-state index contributed by atoms with van der Waals surface area (Å²) in [6, 6.07) is 11.6. The van der Waals surface area contributed by atoms with Crippen molar-refractivity contribution in [2.45, 2.75) is 31.6 Å². The van der Waals surface area contributed by atoms with E-state index in [1.54, 1.807) is 43.6 Å². The maximum atomic E-state index is 13.8. The second kappa shape index (κ2) is 13.3. The number of esters is 1. The molecule has 0 aliphatic heterocycles. The van der Waals surface area contributed by atoms with Crippen LogP contribution in [0.5, 0.6) is 0 Å². The summed E-state index contributed by atoms with van der Waals surface area (Å²) in [4.78, 5) is 23.8. The van der Waals surface area contributed by atoms with E-state index in [0.29, 0.717) is 34.3 Å².